The predicted octanol–water partition coefficient (Wildman–Crippen LogP) is 1.53. The van der Waals surface area contributed by atoms with E-state index in [2.05, 4.69) is 9.47 Å². The highest BCUT2D eigenvalue weighted by Gasteiger charge is 1.84. The molecule has 13 heavy (non-hydrogen) atoms. The van der Waals surface area contributed by atoms with Crippen molar-refractivity contribution in [2.24, 2.45) is 0 Å². The van der Waals surface area contributed by atoms with Crippen LogP contribution in [0.1, 0.15) is 20.3 Å². The molecule has 4 heteroatoms. The largest absolute Gasteiger partial charge is 0.435 e. The van der Waals surface area contributed by atoms with Gasteiger partial charge in [-0.3, -0.25) is 9.59 Å². The van der Waals surface area contributed by atoms with Crippen molar-refractivity contribution in [3.63, 3.8) is 0 Å². The first kappa shape index (κ1) is 11.4. The molecule has 0 aromatic carbocycles. The lowest BCUT2D eigenvalue weighted by Crippen LogP contribution is -1.89. The number of hydrogen-bond donors (Lipinski definition) is 0. The molecule has 0 aliphatic carbocycles. The average Bonchev–Trinajstić information content (AvgIpc) is 2.01. The Hall–Kier alpha value is -1.58. The van der Waals surface area contributed by atoms with Crippen molar-refractivity contribution in [3.8, 4) is 0 Å². The van der Waals surface area contributed by atoms with Crippen molar-refractivity contribution < 1.29 is 19.1 Å². The third-order valence-electron chi connectivity index (χ3n) is 0.933. The number of hydrogen-bond acceptors (Lipinski definition) is 4. The van der Waals surface area contributed by atoms with E-state index in [0.717, 1.165) is 0 Å². The van der Waals surface area contributed by atoms with Crippen LogP contribution >= 0.6 is 0 Å². The zero-order chi connectivity index (χ0) is 10.1. The molecule has 0 aliphatic heterocycles. The van der Waals surface area contributed by atoms with Gasteiger partial charge in [-0.05, 0) is 18.6 Å². The fraction of sp³-hybridized carbons (Fsp3) is 0.333. The van der Waals surface area contributed by atoms with Crippen molar-refractivity contribution in [3.05, 3.63) is 24.7 Å². The van der Waals surface area contributed by atoms with Crippen LogP contribution in [0.2, 0.25) is 0 Å². The van der Waals surface area contributed by atoms with E-state index in [1.165, 1.54) is 26.4 Å². The van der Waals surface area contributed by atoms with E-state index < -0.39 is 0 Å². The second-order valence-corrected chi connectivity index (χ2v) is 2.20. The predicted molar refractivity (Wildman–Crippen MR) is 46.4 cm³/mol. The minimum absolute atomic E-state index is 0.361. The molecular formula is C9H12O4. The van der Waals surface area contributed by atoms with Crippen LogP contribution in [0.5, 0.6) is 0 Å². The van der Waals surface area contributed by atoms with Gasteiger partial charge in [0.2, 0.25) is 0 Å². The number of allylic oxidation sites excluding steroid dienone is 2. The third kappa shape index (κ3) is 10.4. The molecule has 0 unspecified atom stereocenters. The number of carbonyl (C=O) groups excluding carboxylic acids is 2. The summed E-state index contributed by atoms with van der Waals surface area (Å²) in [6, 6.07) is 0. The summed E-state index contributed by atoms with van der Waals surface area (Å²) in [5.74, 6) is -0.722. The molecule has 0 radical (unpaired) electrons. The maximum Gasteiger partial charge on any atom is 0.307 e. The molecule has 0 rings (SSSR count). The van der Waals surface area contributed by atoms with E-state index in [0.29, 0.717) is 6.42 Å². The van der Waals surface area contributed by atoms with E-state index in [9.17, 15) is 9.59 Å². The van der Waals surface area contributed by atoms with Gasteiger partial charge in [-0.2, -0.15) is 0 Å². The van der Waals surface area contributed by atoms with Crippen LogP contribution in [-0.2, 0) is 19.1 Å². The van der Waals surface area contributed by atoms with E-state index in [-0.39, 0.29) is 11.9 Å². The Bertz CT molecular complexity index is 204. The van der Waals surface area contributed by atoms with Crippen molar-refractivity contribution in [2.45, 2.75) is 20.3 Å². The number of ether oxygens (including phenoxy) is 2. The van der Waals surface area contributed by atoms with Crippen molar-refractivity contribution >= 4 is 11.9 Å². The summed E-state index contributed by atoms with van der Waals surface area (Å²) >= 11 is 0. The third-order valence-corrected chi connectivity index (χ3v) is 0.933. The van der Waals surface area contributed by atoms with Crippen LogP contribution in [0.15, 0.2) is 24.7 Å². The van der Waals surface area contributed by atoms with Crippen LogP contribution in [0, 0.1) is 0 Å². The summed E-state index contributed by atoms with van der Waals surface area (Å²) in [6.07, 6.45) is 6.38. The topological polar surface area (TPSA) is 52.6 Å². The smallest absolute Gasteiger partial charge is 0.307 e. The molecule has 4 nitrogen and oxygen atoms in total. The molecular weight excluding hydrogens is 172 g/mol. The van der Waals surface area contributed by atoms with Crippen molar-refractivity contribution in [2.75, 3.05) is 0 Å². The Morgan fingerprint density at radius 3 is 1.69 bits per heavy atom. The normalized spacial score (nSPS) is 10.6. The fourth-order valence-corrected chi connectivity index (χ4v) is 0.478. The zero-order valence-electron chi connectivity index (χ0n) is 7.65. The van der Waals surface area contributed by atoms with Crippen LogP contribution in [0.25, 0.3) is 0 Å². The molecule has 0 aliphatic rings. The van der Waals surface area contributed by atoms with E-state index in [1.54, 1.807) is 12.2 Å². The SMILES string of the molecule is CC(=O)O/C=C/C/C=C/OC(C)=O. The molecule has 72 valence electrons. The number of esters is 2. The minimum atomic E-state index is -0.361. The maximum absolute atomic E-state index is 10.3. The van der Waals surface area contributed by atoms with Crippen molar-refractivity contribution in [1.82, 2.24) is 0 Å². The van der Waals surface area contributed by atoms with Gasteiger partial charge in [-0.1, -0.05) is 0 Å². The van der Waals surface area contributed by atoms with Gasteiger partial charge in [-0.15, -0.1) is 0 Å². The molecule has 0 heterocycles. The lowest BCUT2D eigenvalue weighted by molar-refractivity contribution is -0.136. The molecule has 0 saturated heterocycles. The summed E-state index contributed by atoms with van der Waals surface area (Å²) in [4.78, 5) is 20.5. The Balaban J connectivity index is 3.43. The van der Waals surface area contributed by atoms with Crippen LogP contribution < -0.4 is 0 Å². The summed E-state index contributed by atoms with van der Waals surface area (Å²) in [5, 5.41) is 0. The molecule has 0 saturated carbocycles. The van der Waals surface area contributed by atoms with E-state index in [1.807, 2.05) is 0 Å². The molecule has 0 spiro atoms. The zero-order valence-corrected chi connectivity index (χ0v) is 7.65. The van der Waals surface area contributed by atoms with Gasteiger partial charge >= 0.3 is 11.9 Å². The van der Waals surface area contributed by atoms with Gasteiger partial charge in [0, 0.05) is 13.8 Å². The molecule has 0 atom stereocenters. The van der Waals surface area contributed by atoms with Gasteiger partial charge in [-0.25, -0.2) is 0 Å². The number of carbonyl (C=O) groups is 2. The highest BCUT2D eigenvalue weighted by Crippen LogP contribution is 1.88. The maximum atomic E-state index is 10.3. The lowest BCUT2D eigenvalue weighted by Gasteiger charge is -1.90. The summed E-state index contributed by atoms with van der Waals surface area (Å²) < 4.78 is 9.02. The van der Waals surface area contributed by atoms with Crippen LogP contribution in [0.4, 0.5) is 0 Å². The summed E-state index contributed by atoms with van der Waals surface area (Å²) in [6.45, 7) is 2.64. The number of rotatable bonds is 4. The first-order chi connectivity index (χ1) is 6.13. The van der Waals surface area contributed by atoms with Crippen LogP contribution in [0.3, 0.4) is 0 Å². The Morgan fingerprint density at radius 1 is 1.00 bits per heavy atom. The van der Waals surface area contributed by atoms with Gasteiger partial charge in [0.1, 0.15) is 0 Å². The van der Waals surface area contributed by atoms with Crippen LogP contribution in [-0.4, -0.2) is 11.9 Å². The first-order valence-electron chi connectivity index (χ1n) is 3.77. The second-order valence-electron chi connectivity index (χ2n) is 2.20. The highest BCUT2D eigenvalue weighted by atomic mass is 16.5. The molecule has 0 fully saturated rings. The molecule has 0 bridgehead atoms. The lowest BCUT2D eigenvalue weighted by atomic mass is 10.4. The Morgan fingerprint density at radius 2 is 1.38 bits per heavy atom. The molecule has 0 amide bonds. The van der Waals surface area contributed by atoms with Gasteiger partial charge < -0.3 is 9.47 Å². The average molecular weight is 184 g/mol. The second kappa shape index (κ2) is 7.09. The van der Waals surface area contributed by atoms with Crippen molar-refractivity contribution in [1.29, 1.82) is 0 Å². The van der Waals surface area contributed by atoms with E-state index in [4.69, 9.17) is 0 Å². The molecule has 0 aromatic heterocycles. The molecule has 0 aromatic rings. The Labute approximate surface area is 76.8 Å². The molecule has 0 N–H and O–H groups in total. The highest BCUT2D eigenvalue weighted by molar-refractivity contribution is 5.66. The standard InChI is InChI=1S/C9H12O4/c1-8(10)12-6-4-3-5-7-13-9(2)11/h4-7H,3H2,1-2H3/b6-4+,7-5+. The van der Waals surface area contributed by atoms with Gasteiger partial charge in [0.25, 0.3) is 0 Å². The summed E-state index contributed by atoms with van der Waals surface area (Å²) in [5.41, 5.74) is 0. The first-order valence-corrected chi connectivity index (χ1v) is 3.77. The minimum Gasteiger partial charge on any atom is -0.435 e. The fourth-order valence-electron chi connectivity index (χ4n) is 0.478. The Kier molecular flexibility index (Phi) is 6.23. The van der Waals surface area contributed by atoms with Gasteiger partial charge in [0.15, 0.2) is 0 Å². The van der Waals surface area contributed by atoms with Gasteiger partial charge in [0.05, 0.1) is 12.5 Å². The quantitative estimate of drug-likeness (QED) is 0.491. The monoisotopic (exact) mass is 184 g/mol. The summed E-state index contributed by atoms with van der Waals surface area (Å²) in [7, 11) is 0. The van der Waals surface area contributed by atoms with E-state index >= 15 is 0 Å².